The average Bonchev–Trinajstić information content (AvgIpc) is 2.92. The van der Waals surface area contributed by atoms with Gasteiger partial charge in [0.2, 0.25) is 4.96 Å². The standard InChI is InChI=1S/C11H8Cl2N4S/c1-2-8-14-15-11-17(8)16-10(18-11)6-4-3-5-7(12)9(6)13/h3-5H,2H2,1H3. The average molecular weight is 299 g/mol. The summed E-state index contributed by atoms with van der Waals surface area (Å²) in [4.78, 5) is 0.762. The van der Waals surface area contributed by atoms with Crippen molar-refractivity contribution in [3.05, 3.63) is 34.1 Å². The Balaban J connectivity index is 2.19. The molecular weight excluding hydrogens is 291 g/mol. The highest BCUT2D eigenvalue weighted by atomic mass is 35.5. The van der Waals surface area contributed by atoms with Crippen LogP contribution in [0.2, 0.25) is 10.0 Å². The van der Waals surface area contributed by atoms with E-state index in [1.807, 2.05) is 19.1 Å². The second-order valence-corrected chi connectivity index (χ2v) is 5.41. The Morgan fingerprint density at radius 3 is 2.89 bits per heavy atom. The van der Waals surface area contributed by atoms with Crippen LogP contribution < -0.4 is 0 Å². The van der Waals surface area contributed by atoms with Crippen molar-refractivity contribution in [1.82, 2.24) is 19.8 Å². The SMILES string of the molecule is CCc1nnc2sc(-c3cccc(Cl)c3Cl)nn12. The Hall–Kier alpha value is -1.17. The topological polar surface area (TPSA) is 43.1 Å². The van der Waals surface area contributed by atoms with Gasteiger partial charge in [0.15, 0.2) is 5.82 Å². The molecule has 0 bridgehead atoms. The van der Waals surface area contributed by atoms with E-state index >= 15 is 0 Å². The zero-order chi connectivity index (χ0) is 12.7. The summed E-state index contributed by atoms with van der Waals surface area (Å²) < 4.78 is 1.75. The van der Waals surface area contributed by atoms with Crippen LogP contribution in [-0.4, -0.2) is 19.8 Å². The molecule has 0 radical (unpaired) electrons. The highest BCUT2D eigenvalue weighted by molar-refractivity contribution is 7.19. The molecular formula is C11H8Cl2N4S. The first-order valence-electron chi connectivity index (χ1n) is 5.36. The molecule has 0 atom stereocenters. The van der Waals surface area contributed by atoms with Gasteiger partial charge in [-0.25, -0.2) is 0 Å². The molecule has 0 saturated heterocycles. The van der Waals surface area contributed by atoms with Crippen molar-refractivity contribution in [2.75, 3.05) is 0 Å². The maximum absolute atomic E-state index is 6.19. The maximum Gasteiger partial charge on any atom is 0.234 e. The Kier molecular flexibility index (Phi) is 2.97. The number of rotatable bonds is 2. The summed E-state index contributed by atoms with van der Waals surface area (Å²) in [5, 5.41) is 14.4. The smallest absolute Gasteiger partial charge is 0.187 e. The second kappa shape index (κ2) is 4.50. The van der Waals surface area contributed by atoms with Gasteiger partial charge in [0.05, 0.1) is 10.0 Å². The van der Waals surface area contributed by atoms with Crippen molar-refractivity contribution in [3.8, 4) is 10.6 Å². The third-order valence-electron chi connectivity index (χ3n) is 2.55. The van der Waals surface area contributed by atoms with Crippen LogP contribution >= 0.6 is 34.5 Å². The molecule has 0 aliphatic heterocycles. The molecule has 0 amide bonds. The lowest BCUT2D eigenvalue weighted by Crippen LogP contribution is -1.93. The van der Waals surface area contributed by atoms with Gasteiger partial charge in [0, 0.05) is 12.0 Å². The highest BCUT2D eigenvalue weighted by Crippen LogP contribution is 2.35. The van der Waals surface area contributed by atoms with Gasteiger partial charge in [-0.1, -0.05) is 53.6 Å². The van der Waals surface area contributed by atoms with E-state index in [9.17, 15) is 0 Å². The van der Waals surface area contributed by atoms with Crippen LogP contribution in [0.15, 0.2) is 18.2 Å². The van der Waals surface area contributed by atoms with Crippen LogP contribution in [0, 0.1) is 0 Å². The van der Waals surface area contributed by atoms with E-state index in [1.54, 1.807) is 10.6 Å². The van der Waals surface area contributed by atoms with Gasteiger partial charge in [0.25, 0.3) is 0 Å². The van der Waals surface area contributed by atoms with Gasteiger partial charge in [-0.05, 0) is 6.07 Å². The summed E-state index contributed by atoms with van der Waals surface area (Å²) in [6.45, 7) is 2.02. The summed E-state index contributed by atoms with van der Waals surface area (Å²) in [5.41, 5.74) is 0.821. The summed E-state index contributed by atoms with van der Waals surface area (Å²) in [5.74, 6) is 0.839. The van der Waals surface area contributed by atoms with Crippen LogP contribution in [0.4, 0.5) is 0 Å². The van der Waals surface area contributed by atoms with Crippen LogP contribution in [0.5, 0.6) is 0 Å². The molecule has 3 aromatic rings. The van der Waals surface area contributed by atoms with Crippen molar-refractivity contribution in [2.24, 2.45) is 0 Å². The quantitative estimate of drug-likeness (QED) is 0.724. The summed E-state index contributed by atoms with van der Waals surface area (Å²) in [6.07, 6.45) is 0.785. The molecule has 0 unspecified atom stereocenters. The third kappa shape index (κ3) is 1.79. The van der Waals surface area contributed by atoms with E-state index < -0.39 is 0 Å². The molecule has 7 heteroatoms. The van der Waals surface area contributed by atoms with E-state index in [2.05, 4.69) is 15.3 Å². The number of halogens is 2. The summed E-state index contributed by atoms with van der Waals surface area (Å²) in [7, 11) is 0. The molecule has 2 aromatic heterocycles. The first-order chi connectivity index (χ1) is 8.70. The van der Waals surface area contributed by atoms with E-state index in [0.717, 1.165) is 27.8 Å². The number of benzene rings is 1. The molecule has 2 heterocycles. The van der Waals surface area contributed by atoms with E-state index in [1.165, 1.54) is 11.3 Å². The molecule has 0 saturated carbocycles. The molecule has 0 aliphatic rings. The number of aromatic nitrogens is 4. The largest absolute Gasteiger partial charge is 0.234 e. The molecule has 3 rings (SSSR count). The van der Waals surface area contributed by atoms with Gasteiger partial charge >= 0.3 is 0 Å². The van der Waals surface area contributed by atoms with E-state index in [0.29, 0.717) is 10.0 Å². The fourth-order valence-corrected chi connectivity index (χ4v) is 2.99. The number of hydrogen-bond acceptors (Lipinski definition) is 4. The molecule has 0 fully saturated rings. The predicted molar refractivity (Wildman–Crippen MR) is 73.5 cm³/mol. The minimum absolute atomic E-state index is 0.516. The Labute approximate surface area is 117 Å². The summed E-state index contributed by atoms with van der Waals surface area (Å²) >= 11 is 13.6. The molecule has 92 valence electrons. The van der Waals surface area contributed by atoms with Crippen molar-refractivity contribution < 1.29 is 0 Å². The number of aryl methyl sites for hydroxylation is 1. The van der Waals surface area contributed by atoms with E-state index in [-0.39, 0.29) is 0 Å². The molecule has 0 spiro atoms. The molecule has 1 aromatic carbocycles. The molecule has 4 nitrogen and oxygen atoms in total. The lowest BCUT2D eigenvalue weighted by Gasteiger charge is -2.00. The number of nitrogens with zero attached hydrogens (tertiary/aromatic N) is 4. The number of hydrogen-bond donors (Lipinski definition) is 0. The van der Waals surface area contributed by atoms with Crippen LogP contribution in [0.3, 0.4) is 0 Å². The second-order valence-electron chi connectivity index (χ2n) is 3.67. The fraction of sp³-hybridized carbons (Fsp3) is 0.182. The monoisotopic (exact) mass is 298 g/mol. The normalized spacial score (nSPS) is 11.3. The zero-order valence-electron chi connectivity index (χ0n) is 9.39. The first kappa shape index (κ1) is 11.9. The number of fused-ring (bicyclic) bond motifs is 1. The molecule has 0 aliphatic carbocycles. The maximum atomic E-state index is 6.19. The van der Waals surface area contributed by atoms with Crippen LogP contribution in [-0.2, 0) is 6.42 Å². The minimum Gasteiger partial charge on any atom is -0.187 e. The van der Waals surface area contributed by atoms with Crippen molar-refractivity contribution in [1.29, 1.82) is 0 Å². The fourth-order valence-electron chi connectivity index (χ4n) is 1.66. The predicted octanol–water partition coefficient (Wildman–Crippen LogP) is 3.72. The third-order valence-corrected chi connectivity index (χ3v) is 4.30. The lowest BCUT2D eigenvalue weighted by molar-refractivity contribution is 0.838. The van der Waals surface area contributed by atoms with Crippen molar-refractivity contribution in [3.63, 3.8) is 0 Å². The van der Waals surface area contributed by atoms with Crippen LogP contribution in [0.25, 0.3) is 15.5 Å². The zero-order valence-corrected chi connectivity index (χ0v) is 11.7. The molecule has 18 heavy (non-hydrogen) atoms. The minimum atomic E-state index is 0.516. The first-order valence-corrected chi connectivity index (χ1v) is 6.93. The Morgan fingerprint density at radius 2 is 2.11 bits per heavy atom. The lowest BCUT2D eigenvalue weighted by atomic mass is 10.2. The van der Waals surface area contributed by atoms with Gasteiger partial charge in [0.1, 0.15) is 5.01 Å². The van der Waals surface area contributed by atoms with Gasteiger partial charge in [-0.2, -0.15) is 9.61 Å². The summed E-state index contributed by atoms with van der Waals surface area (Å²) in [6, 6.07) is 5.50. The van der Waals surface area contributed by atoms with Gasteiger partial charge < -0.3 is 0 Å². The Morgan fingerprint density at radius 1 is 1.28 bits per heavy atom. The highest BCUT2D eigenvalue weighted by Gasteiger charge is 2.14. The Bertz CT molecular complexity index is 719. The van der Waals surface area contributed by atoms with E-state index in [4.69, 9.17) is 23.2 Å². The van der Waals surface area contributed by atoms with Crippen molar-refractivity contribution >= 4 is 39.5 Å². The van der Waals surface area contributed by atoms with Gasteiger partial charge in [-0.15, -0.1) is 10.2 Å². The van der Waals surface area contributed by atoms with Crippen LogP contribution in [0.1, 0.15) is 12.7 Å². The van der Waals surface area contributed by atoms with Crippen molar-refractivity contribution in [2.45, 2.75) is 13.3 Å². The van der Waals surface area contributed by atoms with Gasteiger partial charge in [-0.3, -0.25) is 0 Å². The molecule has 0 N–H and O–H groups in total.